The number of aryl methyl sites for hydroxylation is 1. The van der Waals surface area contributed by atoms with Crippen molar-refractivity contribution in [3.8, 4) is 11.8 Å². The Kier molecular flexibility index (Phi) is 4.45. The van der Waals surface area contributed by atoms with Gasteiger partial charge in [-0.15, -0.1) is 11.3 Å². The fourth-order valence-electron chi connectivity index (χ4n) is 4.88. The molecular formula is C22H23N5O3S. The number of Topliss-reactive ketones (excluding diaryl/α,β-unsaturated/α-hetero) is 1. The number of carbonyl (C=O) groups excluding carboxylic acids is 1. The molecule has 0 radical (unpaired) electrons. The zero-order valence-electron chi connectivity index (χ0n) is 17.7. The Morgan fingerprint density at radius 2 is 2.06 bits per heavy atom. The van der Waals surface area contributed by atoms with Gasteiger partial charge in [-0.25, -0.2) is 15.0 Å². The van der Waals surface area contributed by atoms with Crippen LogP contribution in [-0.2, 0) is 4.79 Å². The standard InChI is InChI=1S/C22H23N5O3S/c1-11-5-6-13(31-11)7-8-15-24-20(26(3)4)16-21(25-15)27(10-23-16)17-14-9-22(14,12(2)28)19(30)18(17)29/h5-6,10,14,17-19,29-30H,9H2,1-4H3/t14?,17-,18+,19?,22+/m1/s1. The van der Waals surface area contributed by atoms with E-state index in [-0.39, 0.29) is 11.7 Å². The molecule has 2 N–H and O–H groups in total. The molecular weight excluding hydrogens is 414 g/mol. The fourth-order valence-corrected chi connectivity index (χ4v) is 5.60. The van der Waals surface area contributed by atoms with E-state index >= 15 is 0 Å². The highest BCUT2D eigenvalue weighted by Crippen LogP contribution is 2.68. The lowest BCUT2D eigenvalue weighted by Gasteiger charge is -2.23. The minimum absolute atomic E-state index is 0.0858. The van der Waals surface area contributed by atoms with Crippen LogP contribution >= 0.6 is 11.3 Å². The summed E-state index contributed by atoms with van der Waals surface area (Å²) in [6, 6.07) is 3.50. The number of aromatic nitrogens is 4. The number of fused-ring (bicyclic) bond motifs is 2. The van der Waals surface area contributed by atoms with Crippen LogP contribution in [0.2, 0.25) is 0 Å². The van der Waals surface area contributed by atoms with Gasteiger partial charge < -0.3 is 19.7 Å². The summed E-state index contributed by atoms with van der Waals surface area (Å²) in [5.74, 6) is 6.89. The number of aliphatic hydroxyl groups excluding tert-OH is 2. The van der Waals surface area contributed by atoms with E-state index in [0.717, 1.165) is 4.88 Å². The number of thiophene rings is 1. The molecule has 0 spiro atoms. The molecule has 2 fully saturated rings. The monoisotopic (exact) mass is 437 g/mol. The number of hydrogen-bond donors (Lipinski definition) is 2. The van der Waals surface area contributed by atoms with Gasteiger partial charge >= 0.3 is 0 Å². The molecule has 0 aliphatic heterocycles. The number of carbonyl (C=O) groups is 1. The van der Waals surface area contributed by atoms with Gasteiger partial charge in [-0.3, -0.25) is 4.79 Å². The summed E-state index contributed by atoms with van der Waals surface area (Å²) in [6.45, 7) is 3.51. The van der Waals surface area contributed by atoms with E-state index in [9.17, 15) is 15.0 Å². The second-order valence-corrected chi connectivity index (χ2v) is 9.87. The Bertz CT molecular complexity index is 1270. The minimum atomic E-state index is -1.09. The third kappa shape index (κ3) is 2.90. The maximum Gasteiger partial charge on any atom is 0.209 e. The second-order valence-electron chi connectivity index (χ2n) is 8.58. The van der Waals surface area contributed by atoms with Crippen molar-refractivity contribution in [1.29, 1.82) is 0 Å². The number of ketones is 1. The second kappa shape index (κ2) is 6.85. The van der Waals surface area contributed by atoms with Crippen LogP contribution in [0.25, 0.3) is 11.2 Å². The van der Waals surface area contributed by atoms with E-state index in [1.54, 1.807) is 22.2 Å². The van der Waals surface area contributed by atoms with Crippen molar-refractivity contribution in [3.63, 3.8) is 0 Å². The highest BCUT2D eigenvalue weighted by atomic mass is 32.1. The smallest absolute Gasteiger partial charge is 0.209 e. The van der Waals surface area contributed by atoms with Crippen LogP contribution in [0.4, 0.5) is 5.82 Å². The first-order valence-electron chi connectivity index (χ1n) is 10.1. The highest BCUT2D eigenvalue weighted by Gasteiger charge is 2.74. The van der Waals surface area contributed by atoms with E-state index in [4.69, 9.17) is 0 Å². The van der Waals surface area contributed by atoms with Crippen LogP contribution in [0.1, 0.15) is 35.0 Å². The van der Waals surface area contributed by atoms with Crippen LogP contribution < -0.4 is 4.90 Å². The number of nitrogens with zero attached hydrogens (tertiary/aromatic N) is 5. The van der Waals surface area contributed by atoms with Gasteiger partial charge in [0.15, 0.2) is 17.0 Å². The quantitative estimate of drug-likeness (QED) is 0.599. The average Bonchev–Trinajstić information content (AvgIpc) is 2.98. The van der Waals surface area contributed by atoms with Gasteiger partial charge in [0, 0.05) is 19.0 Å². The van der Waals surface area contributed by atoms with E-state index in [0.29, 0.717) is 29.2 Å². The van der Waals surface area contributed by atoms with E-state index in [2.05, 4.69) is 26.8 Å². The topological polar surface area (TPSA) is 104 Å². The number of imidazole rings is 1. The maximum atomic E-state index is 12.2. The molecule has 0 bridgehead atoms. The molecule has 2 aliphatic carbocycles. The summed E-state index contributed by atoms with van der Waals surface area (Å²) in [5, 5.41) is 21.4. The van der Waals surface area contributed by atoms with Crippen molar-refractivity contribution < 1.29 is 15.0 Å². The zero-order chi connectivity index (χ0) is 22.1. The lowest BCUT2D eigenvalue weighted by molar-refractivity contribution is -0.128. The first kappa shape index (κ1) is 20.1. The van der Waals surface area contributed by atoms with E-state index < -0.39 is 23.7 Å². The number of anilines is 1. The predicted octanol–water partition coefficient (Wildman–Crippen LogP) is 1.53. The molecule has 3 aromatic heterocycles. The predicted molar refractivity (Wildman–Crippen MR) is 117 cm³/mol. The summed E-state index contributed by atoms with van der Waals surface area (Å²) in [5.41, 5.74) is 0.260. The summed E-state index contributed by atoms with van der Waals surface area (Å²) in [6.07, 6.45) is 0.0118. The minimum Gasteiger partial charge on any atom is -0.389 e. The Labute approximate surface area is 183 Å². The largest absolute Gasteiger partial charge is 0.389 e. The van der Waals surface area contributed by atoms with Crippen LogP contribution in [0.5, 0.6) is 0 Å². The van der Waals surface area contributed by atoms with Crippen LogP contribution in [-0.4, -0.2) is 61.8 Å². The maximum absolute atomic E-state index is 12.2. The van der Waals surface area contributed by atoms with Gasteiger partial charge in [-0.05, 0) is 50.2 Å². The average molecular weight is 438 g/mol. The summed E-state index contributed by atoms with van der Waals surface area (Å²) < 4.78 is 1.78. The molecule has 0 amide bonds. The van der Waals surface area contributed by atoms with Crippen molar-refractivity contribution in [2.24, 2.45) is 11.3 Å². The van der Waals surface area contributed by atoms with Crippen molar-refractivity contribution in [2.45, 2.75) is 38.5 Å². The van der Waals surface area contributed by atoms with Crippen LogP contribution in [0, 0.1) is 30.1 Å². The third-order valence-corrected chi connectivity index (χ3v) is 7.43. The molecule has 3 heterocycles. The Balaban J connectivity index is 1.62. The number of rotatable bonds is 3. The summed E-state index contributed by atoms with van der Waals surface area (Å²) in [7, 11) is 3.74. The summed E-state index contributed by atoms with van der Waals surface area (Å²) in [4.78, 5) is 29.9. The third-order valence-electron chi connectivity index (χ3n) is 6.51. The number of hydrogen-bond acceptors (Lipinski definition) is 8. The van der Waals surface area contributed by atoms with Crippen LogP contribution in [0.15, 0.2) is 18.5 Å². The Hall–Kier alpha value is -2.80. The summed E-state index contributed by atoms with van der Waals surface area (Å²) >= 11 is 1.60. The number of aliphatic hydroxyl groups is 2. The zero-order valence-corrected chi connectivity index (χ0v) is 18.5. The van der Waals surface area contributed by atoms with Gasteiger partial charge in [0.1, 0.15) is 11.9 Å². The van der Waals surface area contributed by atoms with E-state index in [1.165, 1.54) is 11.8 Å². The fraction of sp³-hybridized carbons (Fsp3) is 0.455. The Morgan fingerprint density at radius 3 is 2.68 bits per heavy atom. The molecule has 2 aliphatic rings. The first-order chi connectivity index (χ1) is 14.7. The molecule has 2 saturated carbocycles. The van der Waals surface area contributed by atoms with E-state index in [1.807, 2.05) is 38.1 Å². The van der Waals surface area contributed by atoms with Gasteiger partial charge in [0.2, 0.25) is 5.82 Å². The molecule has 9 heteroatoms. The molecule has 160 valence electrons. The molecule has 5 atom stereocenters. The Morgan fingerprint density at radius 1 is 1.29 bits per heavy atom. The molecule has 0 aromatic carbocycles. The van der Waals surface area contributed by atoms with Crippen molar-refractivity contribution >= 4 is 34.1 Å². The molecule has 31 heavy (non-hydrogen) atoms. The SMILES string of the molecule is CC(=O)[C@@]12CC1[C@@H](n1cnc3c(N(C)C)nc(C#Cc4ccc(C)s4)nc31)[C@H](O)C2O. The molecule has 2 unspecified atom stereocenters. The van der Waals surface area contributed by atoms with Crippen LogP contribution in [0.3, 0.4) is 0 Å². The molecule has 3 aromatic rings. The molecule has 5 rings (SSSR count). The van der Waals surface area contributed by atoms with Gasteiger partial charge in [0.25, 0.3) is 0 Å². The first-order valence-corrected chi connectivity index (χ1v) is 10.9. The normalized spacial score (nSPS) is 28.8. The van der Waals surface area contributed by atoms with Gasteiger partial charge in [-0.2, -0.15) is 0 Å². The van der Waals surface area contributed by atoms with Crippen molar-refractivity contribution in [2.75, 3.05) is 19.0 Å². The van der Waals surface area contributed by atoms with Crippen molar-refractivity contribution in [1.82, 2.24) is 19.5 Å². The van der Waals surface area contributed by atoms with Gasteiger partial charge in [0.05, 0.1) is 28.8 Å². The lowest BCUT2D eigenvalue weighted by atomic mass is 9.95. The molecule has 8 nitrogen and oxygen atoms in total. The van der Waals surface area contributed by atoms with Crippen molar-refractivity contribution in [3.05, 3.63) is 34.0 Å². The van der Waals surface area contributed by atoms with Gasteiger partial charge in [-0.1, -0.05) is 0 Å². The highest BCUT2D eigenvalue weighted by molar-refractivity contribution is 7.12. The lowest BCUT2D eigenvalue weighted by Crippen LogP contribution is -2.36. The molecule has 0 saturated heterocycles.